The van der Waals surface area contributed by atoms with E-state index in [-0.39, 0.29) is 11.7 Å². The van der Waals surface area contributed by atoms with Crippen LogP contribution < -0.4 is 15.0 Å². The summed E-state index contributed by atoms with van der Waals surface area (Å²) in [6.07, 6.45) is 0. The zero-order chi connectivity index (χ0) is 20.8. The molecule has 2 aromatic carbocycles. The van der Waals surface area contributed by atoms with Crippen LogP contribution in [0, 0.1) is 0 Å². The van der Waals surface area contributed by atoms with Gasteiger partial charge in [-0.3, -0.25) is 4.79 Å². The van der Waals surface area contributed by atoms with Crippen LogP contribution in [0.5, 0.6) is 5.75 Å². The number of nitrogens with zero attached hydrogens (tertiary/aromatic N) is 4. The molecule has 0 aliphatic carbocycles. The van der Waals surface area contributed by atoms with Crippen molar-refractivity contribution in [2.24, 2.45) is 7.05 Å². The third-order valence-corrected chi connectivity index (χ3v) is 5.26. The summed E-state index contributed by atoms with van der Waals surface area (Å²) in [6.45, 7) is 2.55. The number of ether oxygens (including phenoxy) is 1. The Bertz CT molecular complexity index is 969. The number of rotatable bonds is 8. The van der Waals surface area contributed by atoms with Crippen LogP contribution in [0.4, 0.5) is 11.4 Å². The number of carbonyl (C=O) groups is 1. The molecular formula is C21H25N5O2S. The molecule has 0 atom stereocenters. The van der Waals surface area contributed by atoms with Gasteiger partial charge >= 0.3 is 0 Å². The lowest BCUT2D eigenvalue weighted by Gasteiger charge is -2.13. The van der Waals surface area contributed by atoms with Crippen LogP contribution in [0.3, 0.4) is 0 Å². The molecule has 0 bridgehead atoms. The Morgan fingerprint density at radius 2 is 1.93 bits per heavy atom. The first-order chi connectivity index (χ1) is 14.0. The largest absolute Gasteiger partial charge is 0.494 e. The predicted molar refractivity (Wildman–Crippen MR) is 118 cm³/mol. The van der Waals surface area contributed by atoms with Gasteiger partial charge in [0, 0.05) is 38.1 Å². The fourth-order valence-corrected chi connectivity index (χ4v) is 3.45. The molecule has 29 heavy (non-hydrogen) atoms. The standard InChI is InChI=1S/C21H25N5O2S/c1-5-28-18-11-9-16(10-12-18)22-19(27)14-29-21-24-23-20(26(21)4)15-7-6-8-17(13-15)25(2)3/h6-13H,5,14H2,1-4H3,(H,22,27). The summed E-state index contributed by atoms with van der Waals surface area (Å²) in [5.41, 5.74) is 2.81. The van der Waals surface area contributed by atoms with Crippen molar-refractivity contribution in [1.82, 2.24) is 14.8 Å². The monoisotopic (exact) mass is 411 g/mol. The molecule has 0 radical (unpaired) electrons. The SMILES string of the molecule is CCOc1ccc(NC(=O)CSc2nnc(-c3cccc(N(C)C)c3)n2C)cc1. The summed E-state index contributed by atoms with van der Waals surface area (Å²) in [6, 6.07) is 15.4. The first-order valence-corrected chi connectivity index (χ1v) is 10.3. The van der Waals surface area contributed by atoms with E-state index < -0.39 is 0 Å². The second-order valence-corrected chi connectivity index (χ2v) is 7.55. The highest BCUT2D eigenvalue weighted by Gasteiger charge is 2.14. The van der Waals surface area contributed by atoms with E-state index in [1.54, 1.807) is 0 Å². The Morgan fingerprint density at radius 1 is 1.17 bits per heavy atom. The molecule has 0 aliphatic heterocycles. The van der Waals surface area contributed by atoms with Gasteiger partial charge in [0.15, 0.2) is 11.0 Å². The van der Waals surface area contributed by atoms with Crippen molar-refractivity contribution in [3.63, 3.8) is 0 Å². The van der Waals surface area contributed by atoms with Gasteiger partial charge < -0.3 is 19.5 Å². The van der Waals surface area contributed by atoms with Gasteiger partial charge in [-0.2, -0.15) is 0 Å². The van der Waals surface area contributed by atoms with Crippen molar-refractivity contribution in [3.05, 3.63) is 48.5 Å². The van der Waals surface area contributed by atoms with E-state index >= 15 is 0 Å². The zero-order valence-corrected chi connectivity index (χ0v) is 17.9. The molecule has 3 aromatic rings. The lowest BCUT2D eigenvalue weighted by atomic mass is 10.2. The van der Waals surface area contributed by atoms with Gasteiger partial charge in [0.1, 0.15) is 5.75 Å². The lowest BCUT2D eigenvalue weighted by molar-refractivity contribution is -0.113. The maximum Gasteiger partial charge on any atom is 0.234 e. The number of hydrogen-bond donors (Lipinski definition) is 1. The quantitative estimate of drug-likeness (QED) is 0.570. The third kappa shape index (κ3) is 5.29. The Morgan fingerprint density at radius 3 is 2.62 bits per heavy atom. The molecule has 0 spiro atoms. The fourth-order valence-electron chi connectivity index (χ4n) is 2.74. The number of carbonyl (C=O) groups excluding carboxylic acids is 1. The number of aromatic nitrogens is 3. The van der Waals surface area contributed by atoms with Crippen molar-refractivity contribution in [2.75, 3.05) is 36.7 Å². The first-order valence-electron chi connectivity index (χ1n) is 9.30. The summed E-state index contributed by atoms with van der Waals surface area (Å²) in [5.74, 6) is 1.70. The minimum absolute atomic E-state index is 0.0988. The van der Waals surface area contributed by atoms with Gasteiger partial charge in [0.25, 0.3) is 0 Å². The van der Waals surface area contributed by atoms with Crippen molar-refractivity contribution in [1.29, 1.82) is 0 Å². The van der Waals surface area contributed by atoms with Gasteiger partial charge in [-0.15, -0.1) is 10.2 Å². The van der Waals surface area contributed by atoms with Crippen LogP contribution >= 0.6 is 11.8 Å². The predicted octanol–water partition coefficient (Wildman–Crippen LogP) is 3.68. The normalized spacial score (nSPS) is 10.6. The molecular weight excluding hydrogens is 386 g/mol. The molecule has 1 N–H and O–H groups in total. The van der Waals surface area contributed by atoms with Crippen LogP contribution in [0.15, 0.2) is 53.7 Å². The summed E-state index contributed by atoms with van der Waals surface area (Å²) < 4.78 is 7.31. The Labute approximate surface area is 175 Å². The number of amides is 1. The molecule has 0 saturated heterocycles. The number of nitrogens with one attached hydrogen (secondary N) is 1. The van der Waals surface area contributed by atoms with Crippen LogP contribution in [-0.4, -0.2) is 47.1 Å². The minimum atomic E-state index is -0.0988. The highest BCUT2D eigenvalue weighted by molar-refractivity contribution is 7.99. The van der Waals surface area contributed by atoms with E-state index in [2.05, 4.69) is 21.6 Å². The molecule has 0 aliphatic rings. The maximum absolute atomic E-state index is 12.3. The zero-order valence-electron chi connectivity index (χ0n) is 17.0. The van der Waals surface area contributed by atoms with E-state index in [9.17, 15) is 4.79 Å². The summed E-state index contributed by atoms with van der Waals surface area (Å²) >= 11 is 1.35. The van der Waals surface area contributed by atoms with Crippen LogP contribution in [-0.2, 0) is 11.8 Å². The second kappa shape index (κ2) is 9.47. The van der Waals surface area contributed by atoms with Crippen molar-refractivity contribution in [2.45, 2.75) is 12.1 Å². The van der Waals surface area contributed by atoms with Crippen molar-refractivity contribution >= 4 is 29.0 Å². The molecule has 1 amide bonds. The molecule has 3 rings (SSSR count). The van der Waals surface area contributed by atoms with Crippen LogP contribution in [0.25, 0.3) is 11.4 Å². The first kappa shape index (κ1) is 20.7. The highest BCUT2D eigenvalue weighted by Crippen LogP contribution is 2.25. The Hall–Kier alpha value is -3.00. The van der Waals surface area contributed by atoms with Crippen LogP contribution in [0.2, 0.25) is 0 Å². The molecule has 152 valence electrons. The van der Waals surface area contributed by atoms with Crippen molar-refractivity contribution < 1.29 is 9.53 Å². The van der Waals surface area contributed by atoms with Gasteiger partial charge in [-0.05, 0) is 43.3 Å². The Kier molecular flexibility index (Phi) is 6.77. The van der Waals surface area contributed by atoms with Gasteiger partial charge in [-0.1, -0.05) is 23.9 Å². The summed E-state index contributed by atoms with van der Waals surface area (Å²) in [5, 5.41) is 12.1. The summed E-state index contributed by atoms with van der Waals surface area (Å²) in [4.78, 5) is 14.3. The van der Waals surface area contributed by atoms with E-state index in [0.717, 1.165) is 28.5 Å². The van der Waals surface area contributed by atoms with E-state index in [1.807, 2.05) is 80.0 Å². The van der Waals surface area contributed by atoms with Gasteiger partial charge in [-0.25, -0.2) is 0 Å². The Balaban J connectivity index is 1.61. The molecule has 1 heterocycles. The number of anilines is 2. The van der Waals surface area contributed by atoms with Crippen molar-refractivity contribution in [3.8, 4) is 17.1 Å². The third-order valence-electron chi connectivity index (χ3n) is 4.24. The highest BCUT2D eigenvalue weighted by atomic mass is 32.2. The average molecular weight is 412 g/mol. The molecule has 8 heteroatoms. The van der Waals surface area contributed by atoms with Gasteiger partial charge in [0.05, 0.1) is 12.4 Å². The summed E-state index contributed by atoms with van der Waals surface area (Å²) in [7, 11) is 5.91. The number of thioether (sulfide) groups is 1. The number of benzene rings is 2. The van der Waals surface area contributed by atoms with E-state index in [4.69, 9.17) is 4.74 Å². The molecule has 0 fully saturated rings. The van der Waals surface area contributed by atoms with Crippen LogP contribution in [0.1, 0.15) is 6.92 Å². The molecule has 7 nitrogen and oxygen atoms in total. The van der Waals surface area contributed by atoms with Gasteiger partial charge in [0.2, 0.25) is 5.91 Å². The van der Waals surface area contributed by atoms with E-state index in [1.165, 1.54) is 11.8 Å². The molecule has 1 aromatic heterocycles. The fraction of sp³-hybridized carbons (Fsp3) is 0.286. The molecule has 0 unspecified atom stereocenters. The number of hydrogen-bond acceptors (Lipinski definition) is 6. The average Bonchev–Trinajstić information content (AvgIpc) is 3.08. The topological polar surface area (TPSA) is 72.3 Å². The second-order valence-electron chi connectivity index (χ2n) is 6.60. The lowest BCUT2D eigenvalue weighted by Crippen LogP contribution is -2.14. The molecule has 0 saturated carbocycles. The maximum atomic E-state index is 12.3. The van der Waals surface area contributed by atoms with E-state index in [0.29, 0.717) is 11.8 Å². The smallest absolute Gasteiger partial charge is 0.234 e. The minimum Gasteiger partial charge on any atom is -0.494 e.